The van der Waals surface area contributed by atoms with Crippen molar-refractivity contribution in [3.63, 3.8) is 0 Å². The summed E-state index contributed by atoms with van der Waals surface area (Å²) in [6.07, 6.45) is 1.56. The van der Waals surface area contributed by atoms with Crippen LogP contribution < -0.4 is 10.2 Å². The van der Waals surface area contributed by atoms with E-state index >= 15 is 0 Å². The summed E-state index contributed by atoms with van der Waals surface area (Å²) in [5, 5.41) is 3.04. The zero-order valence-electron chi connectivity index (χ0n) is 12.4. The molecule has 7 heteroatoms. The van der Waals surface area contributed by atoms with Gasteiger partial charge in [-0.1, -0.05) is 0 Å². The van der Waals surface area contributed by atoms with Gasteiger partial charge in [-0.2, -0.15) is 0 Å². The Balaban J connectivity index is 2.79. The number of hydrogen-bond acceptors (Lipinski definition) is 6. The molecule has 1 aromatic rings. The SMILES string of the molecule is CCOCCN(CCOCC)c1ncnc(NC)c1Br. The first-order valence-electron chi connectivity index (χ1n) is 6.83. The summed E-state index contributed by atoms with van der Waals surface area (Å²) < 4.78 is 11.7. The van der Waals surface area contributed by atoms with E-state index in [2.05, 4.69) is 36.1 Å². The average Bonchev–Trinajstić information content (AvgIpc) is 2.46. The number of rotatable bonds is 10. The van der Waals surface area contributed by atoms with Crippen LogP contribution in [0, 0.1) is 0 Å². The molecule has 0 spiro atoms. The van der Waals surface area contributed by atoms with Crippen LogP contribution in [-0.2, 0) is 9.47 Å². The van der Waals surface area contributed by atoms with Crippen molar-refractivity contribution in [2.24, 2.45) is 0 Å². The number of ether oxygens (including phenoxy) is 2. The summed E-state index contributed by atoms with van der Waals surface area (Å²) in [6.45, 7) is 8.26. The summed E-state index contributed by atoms with van der Waals surface area (Å²) in [6, 6.07) is 0. The maximum Gasteiger partial charge on any atom is 0.148 e. The van der Waals surface area contributed by atoms with Gasteiger partial charge in [0.2, 0.25) is 0 Å². The topological polar surface area (TPSA) is 59.5 Å². The number of anilines is 2. The number of aromatic nitrogens is 2. The first kappa shape index (κ1) is 17.1. The Kier molecular flexibility index (Phi) is 8.48. The fraction of sp³-hybridized carbons (Fsp3) is 0.692. The van der Waals surface area contributed by atoms with Gasteiger partial charge in [0.25, 0.3) is 0 Å². The van der Waals surface area contributed by atoms with Gasteiger partial charge in [-0.25, -0.2) is 9.97 Å². The molecule has 1 rings (SSSR count). The van der Waals surface area contributed by atoms with Crippen molar-refractivity contribution < 1.29 is 9.47 Å². The van der Waals surface area contributed by atoms with Crippen LogP contribution in [0.1, 0.15) is 13.8 Å². The molecule has 0 radical (unpaired) electrons. The van der Waals surface area contributed by atoms with Crippen molar-refractivity contribution in [3.05, 3.63) is 10.8 Å². The zero-order chi connectivity index (χ0) is 14.8. The predicted octanol–water partition coefficient (Wildman–Crippen LogP) is 2.16. The fourth-order valence-corrected chi connectivity index (χ4v) is 2.37. The Morgan fingerprint density at radius 3 is 2.25 bits per heavy atom. The molecule has 1 N–H and O–H groups in total. The third-order valence-corrected chi connectivity index (χ3v) is 3.46. The Morgan fingerprint density at radius 1 is 1.15 bits per heavy atom. The molecule has 0 aromatic carbocycles. The quantitative estimate of drug-likeness (QED) is 0.655. The number of nitrogens with one attached hydrogen (secondary N) is 1. The standard InChI is InChI=1S/C13H23BrN4O2/c1-4-19-8-6-18(7-9-20-5-2)13-11(14)12(15-3)16-10-17-13/h10H,4-9H2,1-3H3,(H,15,16,17). The third kappa shape index (κ3) is 5.22. The van der Waals surface area contributed by atoms with Crippen molar-refractivity contribution >= 4 is 27.6 Å². The second-order valence-electron chi connectivity index (χ2n) is 3.99. The van der Waals surface area contributed by atoms with Crippen LogP contribution in [0.4, 0.5) is 11.6 Å². The van der Waals surface area contributed by atoms with E-state index in [4.69, 9.17) is 9.47 Å². The Hall–Kier alpha value is -0.920. The number of nitrogens with zero attached hydrogens (tertiary/aromatic N) is 3. The summed E-state index contributed by atoms with van der Waals surface area (Å²) in [5.74, 6) is 1.62. The van der Waals surface area contributed by atoms with Crippen LogP contribution in [0.5, 0.6) is 0 Å². The van der Waals surface area contributed by atoms with Crippen molar-refractivity contribution in [1.82, 2.24) is 9.97 Å². The van der Waals surface area contributed by atoms with Gasteiger partial charge >= 0.3 is 0 Å². The predicted molar refractivity (Wildman–Crippen MR) is 84.5 cm³/mol. The average molecular weight is 347 g/mol. The van der Waals surface area contributed by atoms with Crippen molar-refractivity contribution in [2.75, 3.05) is 56.8 Å². The first-order chi connectivity index (χ1) is 9.74. The van der Waals surface area contributed by atoms with Gasteiger partial charge in [-0.05, 0) is 29.8 Å². The maximum atomic E-state index is 5.43. The lowest BCUT2D eigenvalue weighted by molar-refractivity contribution is 0.141. The van der Waals surface area contributed by atoms with E-state index in [1.807, 2.05) is 20.9 Å². The van der Waals surface area contributed by atoms with Gasteiger partial charge in [-0.15, -0.1) is 0 Å². The highest BCUT2D eigenvalue weighted by molar-refractivity contribution is 9.10. The zero-order valence-corrected chi connectivity index (χ0v) is 13.9. The van der Waals surface area contributed by atoms with E-state index in [-0.39, 0.29) is 0 Å². The second-order valence-corrected chi connectivity index (χ2v) is 4.78. The monoisotopic (exact) mass is 346 g/mol. The Morgan fingerprint density at radius 2 is 1.75 bits per heavy atom. The molecule has 6 nitrogen and oxygen atoms in total. The molecule has 20 heavy (non-hydrogen) atoms. The summed E-state index contributed by atoms with van der Waals surface area (Å²) in [5.41, 5.74) is 0. The van der Waals surface area contributed by atoms with E-state index in [0.29, 0.717) is 26.4 Å². The van der Waals surface area contributed by atoms with Gasteiger partial charge in [0.05, 0.1) is 13.2 Å². The molecule has 0 aliphatic heterocycles. The van der Waals surface area contributed by atoms with Gasteiger partial charge in [0.15, 0.2) is 0 Å². The second kappa shape index (κ2) is 9.90. The summed E-state index contributed by atoms with van der Waals surface area (Å²) >= 11 is 3.55. The molecule has 1 aromatic heterocycles. The molecule has 0 fully saturated rings. The molecule has 1 heterocycles. The van der Waals surface area contributed by atoms with Crippen LogP contribution in [0.2, 0.25) is 0 Å². The molecule has 114 valence electrons. The van der Waals surface area contributed by atoms with Crippen molar-refractivity contribution in [3.8, 4) is 0 Å². The number of halogens is 1. The molecule has 0 atom stereocenters. The largest absolute Gasteiger partial charge is 0.380 e. The van der Waals surface area contributed by atoms with Crippen molar-refractivity contribution in [2.45, 2.75) is 13.8 Å². The smallest absolute Gasteiger partial charge is 0.148 e. The van der Waals surface area contributed by atoms with Gasteiger partial charge in [0.1, 0.15) is 22.4 Å². The minimum absolute atomic E-state index is 0.661. The third-order valence-electron chi connectivity index (χ3n) is 2.73. The lowest BCUT2D eigenvalue weighted by Crippen LogP contribution is -2.32. The number of hydrogen-bond donors (Lipinski definition) is 1. The van der Waals surface area contributed by atoms with Gasteiger partial charge in [0, 0.05) is 33.4 Å². The van der Waals surface area contributed by atoms with E-state index in [0.717, 1.165) is 29.2 Å². The molecule has 0 aliphatic carbocycles. The summed E-state index contributed by atoms with van der Waals surface area (Å²) in [7, 11) is 1.83. The lowest BCUT2D eigenvalue weighted by Gasteiger charge is -2.25. The Bertz CT molecular complexity index is 383. The minimum Gasteiger partial charge on any atom is -0.380 e. The Labute approximate surface area is 129 Å². The molecule has 0 aliphatic rings. The van der Waals surface area contributed by atoms with Gasteiger partial charge < -0.3 is 19.7 Å². The van der Waals surface area contributed by atoms with Crippen LogP contribution >= 0.6 is 15.9 Å². The molecule has 0 unspecified atom stereocenters. The highest BCUT2D eigenvalue weighted by Gasteiger charge is 2.14. The molecule has 0 saturated carbocycles. The van der Waals surface area contributed by atoms with Crippen molar-refractivity contribution in [1.29, 1.82) is 0 Å². The van der Waals surface area contributed by atoms with Crippen LogP contribution in [-0.4, -0.2) is 56.5 Å². The van der Waals surface area contributed by atoms with Gasteiger partial charge in [-0.3, -0.25) is 0 Å². The molecule has 0 bridgehead atoms. The van der Waals surface area contributed by atoms with Crippen LogP contribution in [0.3, 0.4) is 0 Å². The van der Waals surface area contributed by atoms with E-state index in [1.165, 1.54) is 0 Å². The van der Waals surface area contributed by atoms with Crippen LogP contribution in [0.15, 0.2) is 10.8 Å². The molecule has 0 amide bonds. The van der Waals surface area contributed by atoms with E-state index < -0.39 is 0 Å². The molecular weight excluding hydrogens is 324 g/mol. The molecule has 0 saturated heterocycles. The maximum absolute atomic E-state index is 5.43. The first-order valence-corrected chi connectivity index (χ1v) is 7.62. The molecular formula is C13H23BrN4O2. The van der Waals surface area contributed by atoms with Crippen LogP contribution in [0.25, 0.3) is 0 Å². The van der Waals surface area contributed by atoms with E-state index in [1.54, 1.807) is 6.33 Å². The highest BCUT2D eigenvalue weighted by atomic mass is 79.9. The fourth-order valence-electron chi connectivity index (χ4n) is 1.72. The normalized spacial score (nSPS) is 10.6. The van der Waals surface area contributed by atoms with E-state index in [9.17, 15) is 0 Å². The lowest BCUT2D eigenvalue weighted by atomic mass is 10.4. The highest BCUT2D eigenvalue weighted by Crippen LogP contribution is 2.28. The minimum atomic E-state index is 0.661. The summed E-state index contributed by atoms with van der Waals surface area (Å²) in [4.78, 5) is 10.7.